The van der Waals surface area contributed by atoms with E-state index in [0.717, 1.165) is 0 Å². The highest BCUT2D eigenvalue weighted by molar-refractivity contribution is 6.26. The molecule has 0 radical (unpaired) electrons. The normalized spacial score (nSPS) is 17.2. The summed E-state index contributed by atoms with van der Waals surface area (Å²) in [5.74, 6) is -1.31. The predicted molar refractivity (Wildman–Crippen MR) is 232 cm³/mol. The molecule has 0 saturated heterocycles. The monoisotopic (exact) mass is 734 g/mol. The molecule has 0 atom stereocenters. The quantitative estimate of drug-likeness (QED) is 0.169. The molecule has 0 aliphatic heterocycles. The third-order valence-electron chi connectivity index (χ3n) is 9.88. The summed E-state index contributed by atoms with van der Waals surface area (Å²) in [4.78, 5) is 13.9. The van der Waals surface area contributed by atoms with Crippen LogP contribution in [0.5, 0.6) is 0 Å². The maximum atomic E-state index is 10.1. The summed E-state index contributed by atoms with van der Waals surface area (Å²) in [6, 6.07) is 3.32. The average Bonchev–Trinajstić information content (AvgIpc) is 4.15. The second kappa shape index (κ2) is 11.9. The van der Waals surface area contributed by atoms with Crippen molar-refractivity contribution < 1.29 is 28.8 Å². The van der Waals surface area contributed by atoms with Crippen molar-refractivity contribution in [1.82, 2.24) is 24.1 Å². The first-order valence-corrected chi connectivity index (χ1v) is 17.2. The van der Waals surface area contributed by atoms with Gasteiger partial charge in [-0.1, -0.05) is 151 Å². The molecule has 5 heteroatoms. The Hall–Kier alpha value is -7.63. The predicted octanol–water partition coefficient (Wildman–Crippen LogP) is 12.9. The topological polar surface area (TPSA) is 48.5 Å². The molecule has 3 heterocycles. The number of nitrogens with zero attached hydrogens (tertiary/aromatic N) is 5. The van der Waals surface area contributed by atoms with Gasteiger partial charge in [-0.2, -0.15) is 9.97 Å². The van der Waals surface area contributed by atoms with Crippen LogP contribution >= 0.6 is 0 Å². The van der Waals surface area contributed by atoms with Crippen molar-refractivity contribution >= 4 is 75.9 Å². The number of rotatable bonds is 4. The first-order chi connectivity index (χ1) is 36.5. The number of aromatic nitrogens is 5. The summed E-state index contributed by atoms with van der Waals surface area (Å²) < 4.78 is 190. The number of hydrogen-bond acceptors (Lipinski definition) is 3. The lowest BCUT2D eigenvalue weighted by Crippen LogP contribution is -2.06. The van der Waals surface area contributed by atoms with Crippen molar-refractivity contribution in [3.05, 3.63) is 188 Å². The van der Waals surface area contributed by atoms with Gasteiger partial charge in [0.05, 0.1) is 50.9 Å². The average molecular weight is 735 g/mol. The Morgan fingerprint density at radius 1 is 0.357 bits per heavy atom. The van der Waals surface area contributed by atoms with Crippen LogP contribution in [-0.2, 0) is 0 Å². The van der Waals surface area contributed by atoms with Gasteiger partial charge < -0.3 is 4.57 Å². The van der Waals surface area contributed by atoms with Crippen LogP contribution in [0, 0.1) is 0 Å². The number of fused-ring (bicyclic) bond motifs is 12. The Kier molecular flexibility index (Phi) is 3.58. The largest absolute Gasteiger partial charge is 0.309 e. The first-order valence-electron chi connectivity index (χ1n) is 27.7. The molecule has 12 aromatic rings. The van der Waals surface area contributed by atoms with Gasteiger partial charge in [-0.25, -0.2) is 4.98 Å². The molecule has 0 bridgehead atoms. The van der Waals surface area contributed by atoms with Crippen LogP contribution in [0.25, 0.3) is 110 Å². The molecule has 56 heavy (non-hydrogen) atoms. The van der Waals surface area contributed by atoms with Crippen LogP contribution in [-0.4, -0.2) is 24.1 Å². The van der Waals surface area contributed by atoms with Gasteiger partial charge >= 0.3 is 0 Å². The lowest BCUT2D eigenvalue weighted by atomic mass is 9.94. The van der Waals surface area contributed by atoms with Crippen molar-refractivity contribution in [2.75, 3.05) is 0 Å². The molecule has 0 N–H and O–H groups in total. The van der Waals surface area contributed by atoms with E-state index in [2.05, 4.69) is 4.98 Å². The summed E-state index contributed by atoms with van der Waals surface area (Å²) >= 11 is 0. The molecule has 12 rings (SSSR count). The van der Waals surface area contributed by atoms with Crippen molar-refractivity contribution in [3.8, 4) is 34.4 Å². The number of hydrogen-bond donors (Lipinski definition) is 0. The fraction of sp³-hybridized carbons (Fsp3) is 0. The lowest BCUT2D eigenvalue weighted by Gasteiger charge is -2.14. The minimum absolute atomic E-state index is 0.239. The van der Waals surface area contributed by atoms with Gasteiger partial charge in [0.15, 0.2) is 11.6 Å². The first kappa shape index (κ1) is 16.8. The Bertz CT molecular complexity index is 4590. The fourth-order valence-corrected chi connectivity index (χ4v) is 7.56. The Labute approximate surface area is 350 Å². The number of para-hydroxylation sites is 2. The zero-order valence-electron chi connectivity index (χ0n) is 49.5. The summed E-state index contributed by atoms with van der Waals surface area (Å²) in [7, 11) is 0. The molecule has 5 nitrogen and oxygen atoms in total. The summed E-state index contributed by atoms with van der Waals surface area (Å²) in [6.45, 7) is 0. The van der Waals surface area contributed by atoms with E-state index in [0.29, 0.717) is 43.6 Å². The van der Waals surface area contributed by atoms with Gasteiger partial charge in [-0.05, 0) is 68.7 Å². The number of benzene rings is 9. The van der Waals surface area contributed by atoms with Crippen LogP contribution in [0.1, 0.15) is 28.8 Å². The van der Waals surface area contributed by atoms with Crippen LogP contribution in [0.2, 0.25) is 0 Å². The molecule has 0 amide bonds. The van der Waals surface area contributed by atoms with E-state index in [1.165, 1.54) is 4.57 Å². The van der Waals surface area contributed by atoms with Gasteiger partial charge in [0.1, 0.15) is 0 Å². The lowest BCUT2D eigenvalue weighted by molar-refractivity contribution is 0.953. The maximum Gasteiger partial charge on any atom is 0.238 e. The zero-order chi connectivity index (χ0) is 55.0. The van der Waals surface area contributed by atoms with Gasteiger partial charge in [0.25, 0.3) is 0 Å². The van der Waals surface area contributed by atoms with E-state index in [4.69, 9.17) is 33.3 Å². The van der Waals surface area contributed by atoms with Crippen molar-refractivity contribution in [1.29, 1.82) is 0 Å². The summed E-state index contributed by atoms with van der Waals surface area (Å²) in [5, 5.41) is 0.524. The molecule has 0 aliphatic rings. The molecule has 0 saturated carbocycles. The summed E-state index contributed by atoms with van der Waals surface area (Å²) in [6.07, 6.45) is 0. The minimum Gasteiger partial charge on any atom is -0.309 e. The summed E-state index contributed by atoms with van der Waals surface area (Å²) in [5.41, 5.74) is 0.235. The zero-order valence-corrected chi connectivity index (χ0v) is 28.5. The molecule has 260 valence electrons. The fourth-order valence-electron chi connectivity index (χ4n) is 7.56. The Morgan fingerprint density at radius 3 is 1.39 bits per heavy atom. The molecule has 0 spiro atoms. The van der Waals surface area contributed by atoms with Gasteiger partial charge in [0, 0.05) is 38.4 Å². The second-order valence-corrected chi connectivity index (χ2v) is 12.8. The minimum atomic E-state index is -0.725. The van der Waals surface area contributed by atoms with E-state index < -0.39 is 150 Å². The molecular formula is C51H31N5. The maximum absolute atomic E-state index is 10.1. The molecule has 9 aromatic carbocycles. The van der Waals surface area contributed by atoms with Crippen LogP contribution in [0.15, 0.2) is 188 Å². The molecular weight excluding hydrogens is 683 g/mol. The van der Waals surface area contributed by atoms with Crippen LogP contribution in [0.4, 0.5) is 0 Å². The van der Waals surface area contributed by atoms with Gasteiger partial charge in [-0.15, -0.1) is 0 Å². The van der Waals surface area contributed by atoms with Crippen molar-refractivity contribution in [3.63, 3.8) is 0 Å². The smallest absolute Gasteiger partial charge is 0.238 e. The van der Waals surface area contributed by atoms with E-state index in [1.807, 2.05) is 6.07 Å². The van der Waals surface area contributed by atoms with E-state index >= 15 is 0 Å². The molecule has 0 aliphatic carbocycles. The highest BCUT2D eigenvalue weighted by atomic mass is 15.2. The second-order valence-electron chi connectivity index (χ2n) is 12.8. The molecule has 3 aromatic heterocycles. The highest BCUT2D eigenvalue weighted by Crippen LogP contribution is 2.41. The van der Waals surface area contributed by atoms with Crippen LogP contribution in [0.3, 0.4) is 0 Å². The third-order valence-corrected chi connectivity index (χ3v) is 9.88. The Morgan fingerprint density at radius 2 is 0.821 bits per heavy atom. The van der Waals surface area contributed by atoms with Crippen molar-refractivity contribution in [2.45, 2.75) is 0 Å². The van der Waals surface area contributed by atoms with Crippen LogP contribution < -0.4 is 0 Å². The highest BCUT2D eigenvalue weighted by Gasteiger charge is 2.21. The van der Waals surface area contributed by atoms with Gasteiger partial charge in [0.2, 0.25) is 5.95 Å². The third kappa shape index (κ3) is 4.52. The van der Waals surface area contributed by atoms with Crippen molar-refractivity contribution in [2.24, 2.45) is 0 Å². The SMILES string of the molecule is [2H]c1c([2H])c([2H])c(-c2nc(-c3c([2H])c([2H])c([2H])c([2H])c3[2H])nc(-n3c4ccccc4c4cc5c6ccccc6n(-c6c([2H])c([2H])c7c8c([2H])c([2H])c([2H])c([2H])c8c8c([2H])c([2H])c([2H])c([2H])c8c7c6[2H])c5cc43)n2)c([2H])c1[2H]. The standard InChI is InChI=1S/C51H31N5/c1-3-15-32(16-4-1)49-52-50(33-17-5-2-6-18-33)54-51(53-49)56-46-26-14-12-24-41(46)44-30-43-40-23-11-13-25-45(40)55(47(43)31-48(44)56)34-27-28-39-37-21-8-7-19-35(37)36-20-9-10-22-38(36)42(39)29-34/h1-31H/i1D,2D,3D,4D,5D,6D,7D,8D,9D,10D,15D,16D,17D,18D,19D,20D,21D,22D,27D,28D,29D. The van der Waals surface area contributed by atoms with E-state index in [9.17, 15) is 5.48 Å². The van der Waals surface area contributed by atoms with Gasteiger partial charge in [-0.3, -0.25) is 4.57 Å². The Balaban J connectivity index is 1.26. The van der Waals surface area contributed by atoms with E-state index in [1.54, 1.807) is 59.2 Å². The molecule has 0 unspecified atom stereocenters. The van der Waals surface area contributed by atoms with E-state index in [-0.39, 0.29) is 44.0 Å². The molecule has 0 fully saturated rings.